The van der Waals surface area contributed by atoms with E-state index in [1.807, 2.05) is 27.7 Å². The van der Waals surface area contributed by atoms with E-state index in [-0.39, 0.29) is 24.3 Å². The molecule has 37 heavy (non-hydrogen) atoms. The maximum atomic E-state index is 14.4. The fourth-order valence-electron chi connectivity index (χ4n) is 6.85. The summed E-state index contributed by atoms with van der Waals surface area (Å²) < 4.78 is 6.86. The van der Waals surface area contributed by atoms with Crippen LogP contribution in [-0.2, 0) is 19.1 Å². The molecule has 8 nitrogen and oxygen atoms in total. The minimum atomic E-state index is -1.02. The predicted octanol–water partition coefficient (Wildman–Crippen LogP) is 3.15. The molecule has 5 atom stereocenters. The Balaban J connectivity index is 2.06. The topological polar surface area (TPSA) is 90.4 Å². The predicted molar refractivity (Wildman–Crippen MR) is 144 cm³/mol. The Morgan fingerprint density at radius 3 is 2.32 bits per heavy atom. The molecule has 3 aliphatic rings. The molecule has 3 amide bonds. The molecular weight excluding hydrogens is 470 g/mol. The van der Waals surface area contributed by atoms with Crippen molar-refractivity contribution in [3.63, 3.8) is 0 Å². The molecule has 3 fully saturated rings. The van der Waals surface area contributed by atoms with Crippen LogP contribution in [0, 0.1) is 11.8 Å². The van der Waals surface area contributed by atoms with E-state index in [1.165, 1.54) is 0 Å². The van der Waals surface area contributed by atoms with Gasteiger partial charge in [-0.05, 0) is 52.9 Å². The van der Waals surface area contributed by atoms with Gasteiger partial charge in [-0.15, -0.1) is 13.2 Å². The van der Waals surface area contributed by atoms with Gasteiger partial charge in [0, 0.05) is 38.8 Å². The van der Waals surface area contributed by atoms with Gasteiger partial charge >= 0.3 is 0 Å². The van der Waals surface area contributed by atoms with Crippen LogP contribution in [0.15, 0.2) is 25.3 Å². The molecule has 3 heterocycles. The highest BCUT2D eigenvalue weighted by Crippen LogP contribution is 2.64. The lowest BCUT2D eigenvalue weighted by Gasteiger charge is -2.42. The number of fused-ring (bicyclic) bond motifs is 1. The molecule has 0 aromatic carbocycles. The number of amides is 3. The number of likely N-dealkylation sites (N-methyl/N-ethyl adjacent to an activating group) is 1. The van der Waals surface area contributed by atoms with Crippen LogP contribution in [-0.4, -0.2) is 93.6 Å². The second-order valence-corrected chi connectivity index (χ2v) is 11.9. The normalized spacial score (nSPS) is 30.4. The molecule has 1 spiro atoms. The standard InChI is InChI=1S/C29H47N3O5/c1-8-17-30(7)24(34)21-22-25(35)31(19-13-11-12-14-20-33)23(26(36)32(18-9-2)27(4,5)6)29(22)16-15-28(21,10-3)37-29/h8-9,21-23,33H,1-2,10-20H2,3-7H3/t21-,22-,23?,28+,29?/m0/s1. The van der Waals surface area contributed by atoms with Crippen molar-refractivity contribution in [2.75, 3.05) is 33.3 Å². The monoisotopic (exact) mass is 517 g/mol. The Morgan fingerprint density at radius 1 is 1.11 bits per heavy atom. The fraction of sp³-hybridized carbons (Fsp3) is 0.759. The molecule has 3 saturated heterocycles. The zero-order valence-corrected chi connectivity index (χ0v) is 23.5. The molecule has 3 aliphatic heterocycles. The molecule has 8 heteroatoms. The molecule has 1 N–H and O–H groups in total. The number of ether oxygens (including phenoxy) is 1. The van der Waals surface area contributed by atoms with Crippen LogP contribution in [0.25, 0.3) is 0 Å². The van der Waals surface area contributed by atoms with E-state index in [4.69, 9.17) is 9.84 Å². The lowest BCUT2D eigenvalue weighted by Crippen LogP contribution is -2.60. The molecular formula is C29H47N3O5. The smallest absolute Gasteiger partial charge is 0.249 e. The number of carbonyl (C=O) groups is 3. The quantitative estimate of drug-likeness (QED) is 0.299. The largest absolute Gasteiger partial charge is 0.396 e. The molecule has 2 bridgehead atoms. The molecule has 0 aromatic heterocycles. The van der Waals surface area contributed by atoms with Crippen molar-refractivity contribution < 1.29 is 24.2 Å². The number of unbranched alkanes of at least 4 members (excludes halogenated alkanes) is 3. The Hall–Kier alpha value is -2.19. The zero-order valence-electron chi connectivity index (χ0n) is 23.5. The first-order chi connectivity index (χ1) is 17.5. The van der Waals surface area contributed by atoms with Crippen LogP contribution in [0.2, 0.25) is 0 Å². The number of aliphatic hydroxyl groups is 1. The second-order valence-electron chi connectivity index (χ2n) is 11.9. The Morgan fingerprint density at radius 2 is 1.76 bits per heavy atom. The van der Waals surface area contributed by atoms with Gasteiger partial charge < -0.3 is 24.5 Å². The van der Waals surface area contributed by atoms with E-state index in [0.717, 1.165) is 19.3 Å². The van der Waals surface area contributed by atoms with Crippen LogP contribution >= 0.6 is 0 Å². The fourth-order valence-corrected chi connectivity index (χ4v) is 6.85. The number of likely N-dealkylation sites (tertiary alicyclic amines) is 1. The van der Waals surface area contributed by atoms with Crippen LogP contribution in [0.5, 0.6) is 0 Å². The van der Waals surface area contributed by atoms with Crippen molar-refractivity contribution in [3.05, 3.63) is 25.3 Å². The van der Waals surface area contributed by atoms with Crippen molar-refractivity contribution >= 4 is 17.7 Å². The summed E-state index contributed by atoms with van der Waals surface area (Å²) in [4.78, 5) is 47.5. The molecule has 3 rings (SSSR count). The number of hydrogen-bond acceptors (Lipinski definition) is 5. The van der Waals surface area contributed by atoms with Crippen molar-refractivity contribution in [1.82, 2.24) is 14.7 Å². The van der Waals surface area contributed by atoms with Crippen LogP contribution in [0.1, 0.15) is 72.6 Å². The summed E-state index contributed by atoms with van der Waals surface area (Å²) in [6.45, 7) is 16.9. The van der Waals surface area contributed by atoms with Crippen LogP contribution in [0.4, 0.5) is 0 Å². The number of aliphatic hydroxyl groups excluding tert-OH is 1. The van der Waals surface area contributed by atoms with Gasteiger partial charge in [0.05, 0.1) is 17.4 Å². The Kier molecular flexibility index (Phi) is 8.95. The molecule has 208 valence electrons. The maximum absolute atomic E-state index is 14.4. The van der Waals surface area contributed by atoms with Gasteiger partial charge in [-0.3, -0.25) is 14.4 Å². The first-order valence-electron chi connectivity index (χ1n) is 13.9. The van der Waals surface area contributed by atoms with Crippen molar-refractivity contribution in [1.29, 1.82) is 0 Å². The molecule has 0 aliphatic carbocycles. The summed E-state index contributed by atoms with van der Waals surface area (Å²) in [5.74, 6) is -1.71. The number of rotatable bonds is 13. The average Bonchev–Trinajstić information content (AvgIpc) is 3.44. The highest BCUT2D eigenvalue weighted by Gasteiger charge is 2.79. The van der Waals surface area contributed by atoms with Crippen molar-refractivity contribution in [3.8, 4) is 0 Å². The van der Waals surface area contributed by atoms with Gasteiger partial charge in [0.25, 0.3) is 0 Å². The highest BCUT2D eigenvalue weighted by molar-refractivity contribution is 5.99. The summed E-state index contributed by atoms with van der Waals surface area (Å²) in [6, 6.07) is -0.780. The van der Waals surface area contributed by atoms with Crippen molar-refractivity contribution in [2.24, 2.45) is 11.8 Å². The van der Waals surface area contributed by atoms with Gasteiger partial charge in [-0.2, -0.15) is 0 Å². The van der Waals surface area contributed by atoms with E-state index in [1.54, 1.807) is 33.9 Å². The van der Waals surface area contributed by atoms with Gasteiger partial charge in [0.15, 0.2) is 0 Å². The SMILES string of the molecule is C=CCN(C)C(=O)[C@@H]1[C@H]2C(=O)N(CCCCCCO)C(C(=O)N(CC=C)C(C)(C)C)C23CC[C@@]1(CC)O3. The lowest BCUT2D eigenvalue weighted by molar-refractivity contribution is -0.157. The second kappa shape index (κ2) is 11.3. The van der Waals surface area contributed by atoms with Crippen LogP contribution < -0.4 is 0 Å². The first kappa shape index (κ1) is 29.4. The zero-order chi connectivity index (χ0) is 27.6. The Labute approximate surface area is 222 Å². The third kappa shape index (κ3) is 4.99. The third-order valence-corrected chi connectivity index (χ3v) is 8.65. The summed E-state index contributed by atoms with van der Waals surface area (Å²) >= 11 is 0. The van der Waals surface area contributed by atoms with E-state index >= 15 is 0 Å². The maximum Gasteiger partial charge on any atom is 0.249 e. The molecule has 2 unspecified atom stereocenters. The number of carbonyl (C=O) groups excluding carboxylic acids is 3. The number of nitrogens with zero attached hydrogens (tertiary/aromatic N) is 3. The van der Waals surface area contributed by atoms with E-state index in [0.29, 0.717) is 45.3 Å². The van der Waals surface area contributed by atoms with Gasteiger partial charge in [0.1, 0.15) is 11.6 Å². The average molecular weight is 518 g/mol. The van der Waals surface area contributed by atoms with Crippen LogP contribution in [0.3, 0.4) is 0 Å². The molecule has 0 aromatic rings. The van der Waals surface area contributed by atoms with Crippen molar-refractivity contribution in [2.45, 2.75) is 95.4 Å². The van der Waals surface area contributed by atoms with Gasteiger partial charge in [-0.1, -0.05) is 31.9 Å². The minimum Gasteiger partial charge on any atom is -0.396 e. The van der Waals surface area contributed by atoms with Gasteiger partial charge in [-0.25, -0.2) is 0 Å². The summed E-state index contributed by atoms with van der Waals surface area (Å²) in [5, 5.41) is 9.13. The summed E-state index contributed by atoms with van der Waals surface area (Å²) in [5.41, 5.74) is -2.24. The first-order valence-corrected chi connectivity index (χ1v) is 13.9. The summed E-state index contributed by atoms with van der Waals surface area (Å²) in [7, 11) is 1.73. The lowest BCUT2D eigenvalue weighted by atomic mass is 9.64. The molecule has 0 saturated carbocycles. The van der Waals surface area contributed by atoms with E-state index in [9.17, 15) is 14.4 Å². The van der Waals surface area contributed by atoms with E-state index in [2.05, 4.69) is 13.2 Å². The van der Waals surface area contributed by atoms with Gasteiger partial charge in [0.2, 0.25) is 17.7 Å². The third-order valence-electron chi connectivity index (χ3n) is 8.65. The molecule has 0 radical (unpaired) electrons. The Bertz CT molecular complexity index is 898. The highest BCUT2D eigenvalue weighted by atomic mass is 16.5. The minimum absolute atomic E-state index is 0.114. The summed E-state index contributed by atoms with van der Waals surface area (Å²) in [6.07, 6.45) is 8.38. The van der Waals surface area contributed by atoms with E-state index < -0.39 is 34.6 Å². The number of hydrogen-bond donors (Lipinski definition) is 1.